The summed E-state index contributed by atoms with van der Waals surface area (Å²) in [5.74, 6) is 0.371. The first-order chi connectivity index (χ1) is 23.8. The number of benzene rings is 5. The summed E-state index contributed by atoms with van der Waals surface area (Å²) in [6.07, 6.45) is 1.83. The van der Waals surface area contributed by atoms with Gasteiger partial charge in [-0.2, -0.15) is 0 Å². The highest BCUT2D eigenvalue weighted by Crippen LogP contribution is 2.36. The third-order valence-corrected chi connectivity index (χ3v) is 9.57. The van der Waals surface area contributed by atoms with Crippen LogP contribution in [0, 0.1) is 0 Å². The minimum absolute atomic E-state index is 0.0586. The largest absolute Gasteiger partial charge is 0.504 e. The van der Waals surface area contributed by atoms with Gasteiger partial charge in [-0.15, -0.1) is 0 Å². The van der Waals surface area contributed by atoms with Crippen molar-refractivity contribution in [3.63, 3.8) is 0 Å². The van der Waals surface area contributed by atoms with Crippen molar-refractivity contribution in [1.82, 2.24) is 4.57 Å². The van der Waals surface area contributed by atoms with Gasteiger partial charge in [-0.25, -0.2) is 4.99 Å². The first-order valence-electron chi connectivity index (χ1n) is 15.5. The maximum Gasteiger partial charge on any atom is 0.271 e. The molecule has 0 saturated carbocycles. The quantitative estimate of drug-likeness (QED) is 0.180. The number of phenolic OH excluding ortho intramolecular Hbond substituents is 1. The lowest BCUT2D eigenvalue weighted by Crippen LogP contribution is -2.40. The number of nitrogens with zero attached hydrogens (tertiary/aromatic N) is 2. The smallest absolute Gasteiger partial charge is 0.271 e. The fourth-order valence-corrected chi connectivity index (χ4v) is 7.09. The van der Waals surface area contributed by atoms with Crippen LogP contribution in [0.5, 0.6) is 17.2 Å². The molecule has 0 radical (unpaired) electrons. The van der Waals surface area contributed by atoms with Crippen LogP contribution >= 0.6 is 22.9 Å². The molecule has 1 aliphatic heterocycles. The van der Waals surface area contributed by atoms with E-state index in [1.807, 2.05) is 84.9 Å². The van der Waals surface area contributed by atoms with E-state index in [4.69, 9.17) is 26.1 Å². The topological polar surface area (TPSA) is 102 Å². The van der Waals surface area contributed by atoms with Crippen molar-refractivity contribution in [1.29, 1.82) is 0 Å². The molecule has 2 heterocycles. The van der Waals surface area contributed by atoms with Gasteiger partial charge in [0.2, 0.25) is 0 Å². The van der Waals surface area contributed by atoms with E-state index < -0.39 is 11.9 Å². The van der Waals surface area contributed by atoms with E-state index in [-0.39, 0.29) is 17.1 Å². The molecule has 1 aliphatic rings. The monoisotopic (exact) mass is 687 g/mol. The number of carbonyl (C=O) groups excluding carboxylic acids is 1. The molecule has 10 heteroatoms. The van der Waals surface area contributed by atoms with E-state index >= 15 is 0 Å². The van der Waals surface area contributed by atoms with Crippen molar-refractivity contribution < 1.29 is 19.4 Å². The standard InChI is InChI=1S/C39H30ClN3O5S/c1-23-35(37(45)42-28-9-4-3-5-10-28)36(26-14-18-31(44)33(20-26)47-2)43-38(46)34(49-39(43)41-23)21-30-29-11-7-6-8-25(29)15-19-32(30)48-22-24-12-16-27(40)17-13-24/h3-21,36,44H,22H2,1-2H3,(H,42,45)/b34-21-/t36-/m1/s1. The van der Waals surface area contributed by atoms with Crippen LogP contribution in [0.2, 0.25) is 5.02 Å². The Morgan fingerprint density at radius 2 is 1.73 bits per heavy atom. The van der Waals surface area contributed by atoms with E-state index in [0.29, 0.717) is 49.2 Å². The van der Waals surface area contributed by atoms with Crippen LogP contribution in [-0.2, 0) is 11.4 Å². The number of para-hydroxylation sites is 1. The van der Waals surface area contributed by atoms with Crippen LogP contribution in [0.3, 0.4) is 0 Å². The third kappa shape index (κ3) is 6.34. The molecule has 6 aromatic rings. The number of ether oxygens (including phenoxy) is 2. The number of allylic oxidation sites excluding steroid dienone is 1. The van der Waals surface area contributed by atoms with E-state index in [1.54, 1.807) is 31.2 Å². The number of rotatable bonds is 8. The second kappa shape index (κ2) is 13.5. The Kier molecular flexibility index (Phi) is 8.78. The highest BCUT2D eigenvalue weighted by Gasteiger charge is 2.33. The number of nitrogens with one attached hydrogen (secondary N) is 1. The number of hydrogen-bond donors (Lipinski definition) is 2. The van der Waals surface area contributed by atoms with Gasteiger partial charge in [0.1, 0.15) is 12.4 Å². The predicted octanol–water partition coefficient (Wildman–Crippen LogP) is 6.97. The highest BCUT2D eigenvalue weighted by molar-refractivity contribution is 7.07. The number of aromatic nitrogens is 1. The average molecular weight is 688 g/mol. The first kappa shape index (κ1) is 31.9. The Labute approximate surface area is 290 Å². The first-order valence-corrected chi connectivity index (χ1v) is 16.6. The SMILES string of the molecule is COc1cc([C@@H]2C(C(=O)Nc3ccccc3)=C(C)N=c3s/c(=C\c4c(OCc5ccc(Cl)cc5)ccc5ccccc45)c(=O)n32)ccc1O. The summed E-state index contributed by atoms with van der Waals surface area (Å²) in [6.45, 7) is 2.06. The maximum absolute atomic E-state index is 14.5. The van der Waals surface area contributed by atoms with Crippen molar-refractivity contribution in [3.05, 3.63) is 162 Å². The van der Waals surface area contributed by atoms with Gasteiger partial charge in [-0.3, -0.25) is 14.2 Å². The van der Waals surface area contributed by atoms with Crippen LogP contribution in [0.25, 0.3) is 16.8 Å². The molecule has 1 atom stereocenters. The molecule has 8 nitrogen and oxygen atoms in total. The van der Waals surface area contributed by atoms with Gasteiger partial charge in [0.05, 0.1) is 29.0 Å². The molecule has 0 aliphatic carbocycles. The maximum atomic E-state index is 14.5. The molecule has 244 valence electrons. The van der Waals surface area contributed by atoms with Gasteiger partial charge in [-0.1, -0.05) is 89.7 Å². The van der Waals surface area contributed by atoms with Crippen molar-refractivity contribution >= 4 is 51.4 Å². The van der Waals surface area contributed by atoms with Gasteiger partial charge in [-0.05, 0) is 77.4 Å². The number of carbonyl (C=O) groups is 1. The lowest BCUT2D eigenvalue weighted by molar-refractivity contribution is -0.113. The van der Waals surface area contributed by atoms with Crippen LogP contribution in [0.4, 0.5) is 5.69 Å². The molecular weight excluding hydrogens is 658 g/mol. The normalized spacial score (nSPS) is 14.3. The number of phenols is 1. The summed E-state index contributed by atoms with van der Waals surface area (Å²) in [6, 6.07) is 32.3. The second-order valence-electron chi connectivity index (χ2n) is 11.4. The Morgan fingerprint density at radius 3 is 2.51 bits per heavy atom. The lowest BCUT2D eigenvalue weighted by atomic mass is 9.94. The highest BCUT2D eigenvalue weighted by atomic mass is 35.5. The summed E-state index contributed by atoms with van der Waals surface area (Å²) < 4.78 is 13.7. The van der Waals surface area contributed by atoms with Gasteiger partial charge >= 0.3 is 0 Å². The fraction of sp³-hybridized carbons (Fsp3) is 0.103. The number of fused-ring (bicyclic) bond motifs is 2. The molecule has 49 heavy (non-hydrogen) atoms. The fourth-order valence-electron chi connectivity index (χ4n) is 5.93. The van der Waals surface area contributed by atoms with Gasteiger partial charge in [0, 0.05) is 16.3 Å². The summed E-state index contributed by atoms with van der Waals surface area (Å²) >= 11 is 7.32. The minimum Gasteiger partial charge on any atom is -0.504 e. The lowest BCUT2D eigenvalue weighted by Gasteiger charge is -2.25. The number of hydrogen-bond acceptors (Lipinski definition) is 7. The molecular formula is C39H30ClN3O5S. The Balaban J connectivity index is 1.38. The summed E-state index contributed by atoms with van der Waals surface area (Å²) in [4.78, 5) is 33.7. The number of methoxy groups -OCH3 is 1. The molecule has 2 N–H and O–H groups in total. The van der Waals surface area contributed by atoms with Crippen LogP contribution in [0.15, 0.2) is 130 Å². The van der Waals surface area contributed by atoms with Crippen LogP contribution < -0.4 is 29.7 Å². The van der Waals surface area contributed by atoms with Crippen molar-refractivity contribution in [2.24, 2.45) is 4.99 Å². The summed E-state index contributed by atoms with van der Waals surface area (Å²) in [5.41, 5.74) is 3.32. The van der Waals surface area contributed by atoms with Crippen LogP contribution in [-0.4, -0.2) is 22.7 Å². The van der Waals surface area contributed by atoms with Gasteiger partial charge < -0.3 is 19.9 Å². The molecule has 1 amide bonds. The Morgan fingerprint density at radius 1 is 0.980 bits per heavy atom. The summed E-state index contributed by atoms with van der Waals surface area (Å²) in [7, 11) is 1.45. The molecule has 0 unspecified atom stereocenters. The van der Waals surface area contributed by atoms with E-state index in [1.165, 1.54) is 29.1 Å². The third-order valence-electron chi connectivity index (χ3n) is 8.33. The average Bonchev–Trinajstić information content (AvgIpc) is 3.42. The zero-order valence-electron chi connectivity index (χ0n) is 26.5. The minimum atomic E-state index is -0.857. The molecule has 0 spiro atoms. The molecule has 7 rings (SSSR count). The van der Waals surface area contributed by atoms with Crippen molar-refractivity contribution in [2.75, 3.05) is 12.4 Å². The summed E-state index contributed by atoms with van der Waals surface area (Å²) in [5, 5.41) is 15.9. The molecule has 0 bridgehead atoms. The van der Waals surface area contributed by atoms with Crippen molar-refractivity contribution in [3.8, 4) is 17.2 Å². The molecule has 5 aromatic carbocycles. The molecule has 0 saturated heterocycles. The van der Waals surface area contributed by atoms with E-state index in [9.17, 15) is 14.7 Å². The zero-order chi connectivity index (χ0) is 34.1. The van der Waals surface area contributed by atoms with Crippen LogP contribution in [0.1, 0.15) is 29.7 Å². The van der Waals surface area contributed by atoms with E-state index in [0.717, 1.165) is 21.9 Å². The number of anilines is 1. The predicted molar refractivity (Wildman–Crippen MR) is 193 cm³/mol. The van der Waals surface area contributed by atoms with Crippen molar-refractivity contribution in [2.45, 2.75) is 19.6 Å². The van der Waals surface area contributed by atoms with E-state index in [2.05, 4.69) is 5.32 Å². The Hall–Kier alpha value is -5.64. The molecule has 1 aromatic heterocycles. The zero-order valence-corrected chi connectivity index (χ0v) is 28.1. The number of thiazole rings is 1. The Bertz CT molecular complexity index is 2440. The number of aromatic hydroxyl groups is 1. The molecule has 0 fully saturated rings. The second-order valence-corrected chi connectivity index (χ2v) is 12.9. The number of amides is 1. The van der Waals surface area contributed by atoms with Gasteiger partial charge in [0.25, 0.3) is 11.5 Å². The van der Waals surface area contributed by atoms with Gasteiger partial charge in [0.15, 0.2) is 16.3 Å². The number of halogens is 1.